The SMILES string of the molecule is CCS(=O)(=O)NCc1nc2ncccc2c(=O)[nH]1. The van der Waals surface area contributed by atoms with Crippen LogP contribution in [0, 0.1) is 0 Å². The van der Waals surface area contributed by atoms with Gasteiger partial charge in [-0.1, -0.05) is 0 Å². The number of rotatable bonds is 4. The summed E-state index contributed by atoms with van der Waals surface area (Å²) in [6, 6.07) is 3.24. The van der Waals surface area contributed by atoms with Gasteiger partial charge in [-0.15, -0.1) is 0 Å². The van der Waals surface area contributed by atoms with Gasteiger partial charge < -0.3 is 4.98 Å². The molecule has 0 unspecified atom stereocenters. The van der Waals surface area contributed by atoms with E-state index >= 15 is 0 Å². The lowest BCUT2D eigenvalue weighted by Crippen LogP contribution is -2.27. The first-order valence-corrected chi connectivity index (χ1v) is 6.98. The van der Waals surface area contributed by atoms with Crippen LogP contribution in [0.4, 0.5) is 0 Å². The average molecular weight is 268 g/mol. The molecular formula is C10H12N4O3S. The van der Waals surface area contributed by atoms with E-state index in [9.17, 15) is 13.2 Å². The van der Waals surface area contributed by atoms with Gasteiger partial charge >= 0.3 is 0 Å². The Hall–Kier alpha value is -1.80. The smallest absolute Gasteiger partial charge is 0.260 e. The second-order valence-corrected chi connectivity index (χ2v) is 5.71. The van der Waals surface area contributed by atoms with Crippen molar-refractivity contribution >= 4 is 21.1 Å². The minimum atomic E-state index is -3.32. The van der Waals surface area contributed by atoms with Crippen LogP contribution in [0.2, 0.25) is 0 Å². The minimum absolute atomic E-state index is 0.0247. The Bertz CT molecular complexity index is 723. The molecule has 0 atom stereocenters. The van der Waals surface area contributed by atoms with Crippen LogP contribution < -0.4 is 10.3 Å². The number of hydrogen-bond donors (Lipinski definition) is 2. The first-order chi connectivity index (χ1) is 8.52. The van der Waals surface area contributed by atoms with Crippen LogP contribution in [0.15, 0.2) is 23.1 Å². The zero-order valence-electron chi connectivity index (χ0n) is 9.67. The summed E-state index contributed by atoms with van der Waals surface area (Å²) in [5, 5.41) is 0.375. The highest BCUT2D eigenvalue weighted by Gasteiger charge is 2.09. The summed E-state index contributed by atoms with van der Waals surface area (Å²) >= 11 is 0. The van der Waals surface area contributed by atoms with E-state index in [4.69, 9.17) is 0 Å². The second-order valence-electron chi connectivity index (χ2n) is 3.61. The lowest BCUT2D eigenvalue weighted by molar-refractivity contribution is 0.580. The van der Waals surface area contributed by atoms with Crippen molar-refractivity contribution in [1.29, 1.82) is 0 Å². The molecule has 7 nitrogen and oxygen atoms in total. The monoisotopic (exact) mass is 268 g/mol. The third-order valence-electron chi connectivity index (χ3n) is 2.37. The maximum Gasteiger partial charge on any atom is 0.260 e. The summed E-state index contributed by atoms with van der Waals surface area (Å²) in [6.45, 7) is 1.47. The van der Waals surface area contributed by atoms with E-state index in [1.807, 2.05) is 0 Å². The van der Waals surface area contributed by atoms with E-state index in [0.717, 1.165) is 0 Å². The molecule has 0 aliphatic carbocycles. The van der Waals surface area contributed by atoms with Crippen molar-refractivity contribution < 1.29 is 8.42 Å². The molecule has 0 radical (unpaired) electrons. The van der Waals surface area contributed by atoms with Crippen LogP contribution in [0.1, 0.15) is 12.7 Å². The van der Waals surface area contributed by atoms with Gasteiger partial charge in [0.25, 0.3) is 5.56 Å². The molecule has 2 aromatic rings. The summed E-state index contributed by atoms with van der Waals surface area (Å²) in [5.41, 5.74) is -0.0363. The predicted octanol–water partition coefficient (Wildman–Crippen LogP) is -0.243. The summed E-state index contributed by atoms with van der Waals surface area (Å²) < 4.78 is 24.9. The van der Waals surface area contributed by atoms with Crippen molar-refractivity contribution in [2.24, 2.45) is 0 Å². The van der Waals surface area contributed by atoms with E-state index in [1.165, 1.54) is 13.1 Å². The summed E-state index contributed by atoms with van der Waals surface area (Å²) in [7, 11) is -3.32. The number of aromatic nitrogens is 3. The highest BCUT2D eigenvalue weighted by atomic mass is 32.2. The standard InChI is InChI=1S/C10H12N4O3S/c1-2-18(16,17)12-6-8-13-9-7(10(15)14-8)4-3-5-11-9/h3-5,12H,2,6H2,1H3,(H,11,13,14,15). The van der Waals surface area contributed by atoms with Crippen LogP contribution in [0.5, 0.6) is 0 Å². The first kappa shape index (κ1) is 12.7. The molecule has 0 aliphatic rings. The van der Waals surface area contributed by atoms with E-state index in [2.05, 4.69) is 19.7 Å². The fourth-order valence-corrected chi connectivity index (χ4v) is 1.94. The fourth-order valence-electron chi connectivity index (χ4n) is 1.38. The van der Waals surface area contributed by atoms with Gasteiger partial charge in [-0.3, -0.25) is 4.79 Å². The predicted molar refractivity (Wildman–Crippen MR) is 66.5 cm³/mol. The van der Waals surface area contributed by atoms with E-state index in [-0.39, 0.29) is 23.7 Å². The minimum Gasteiger partial charge on any atom is -0.309 e. The van der Waals surface area contributed by atoms with Gasteiger partial charge in [0.15, 0.2) is 5.65 Å². The number of sulfonamides is 1. The van der Waals surface area contributed by atoms with Crippen molar-refractivity contribution in [3.05, 3.63) is 34.5 Å². The lowest BCUT2D eigenvalue weighted by atomic mass is 10.3. The van der Waals surface area contributed by atoms with Gasteiger partial charge in [0.1, 0.15) is 5.82 Å². The molecule has 0 saturated carbocycles. The Balaban J connectivity index is 2.33. The number of nitrogens with one attached hydrogen (secondary N) is 2. The van der Waals surface area contributed by atoms with Crippen LogP contribution >= 0.6 is 0 Å². The molecule has 0 fully saturated rings. The maximum absolute atomic E-state index is 11.7. The van der Waals surface area contributed by atoms with Gasteiger partial charge in [-0.25, -0.2) is 23.1 Å². The first-order valence-electron chi connectivity index (χ1n) is 5.33. The average Bonchev–Trinajstić information content (AvgIpc) is 2.37. The Morgan fingerprint density at radius 3 is 2.94 bits per heavy atom. The molecule has 18 heavy (non-hydrogen) atoms. The van der Waals surface area contributed by atoms with Crippen LogP contribution in [0.25, 0.3) is 11.0 Å². The highest BCUT2D eigenvalue weighted by molar-refractivity contribution is 7.89. The van der Waals surface area contributed by atoms with Gasteiger partial charge in [0.05, 0.1) is 17.7 Å². The summed E-state index contributed by atoms with van der Waals surface area (Å²) in [5.74, 6) is 0.214. The largest absolute Gasteiger partial charge is 0.309 e. The Labute approximate surface area is 103 Å². The second kappa shape index (κ2) is 4.83. The zero-order chi connectivity index (χ0) is 13.2. The molecule has 0 aliphatic heterocycles. The van der Waals surface area contributed by atoms with Crippen molar-refractivity contribution in [2.75, 3.05) is 5.75 Å². The van der Waals surface area contributed by atoms with E-state index in [1.54, 1.807) is 12.1 Å². The topological polar surface area (TPSA) is 105 Å². The number of hydrogen-bond acceptors (Lipinski definition) is 5. The van der Waals surface area contributed by atoms with Crippen molar-refractivity contribution in [3.63, 3.8) is 0 Å². The highest BCUT2D eigenvalue weighted by Crippen LogP contribution is 2.02. The molecule has 0 amide bonds. The van der Waals surface area contributed by atoms with E-state index < -0.39 is 10.0 Å². The van der Waals surface area contributed by atoms with Crippen LogP contribution in [-0.4, -0.2) is 29.1 Å². The number of H-pyrrole nitrogens is 1. The van der Waals surface area contributed by atoms with E-state index in [0.29, 0.717) is 11.0 Å². The number of nitrogens with zero attached hydrogens (tertiary/aromatic N) is 2. The van der Waals surface area contributed by atoms with Crippen molar-refractivity contribution in [1.82, 2.24) is 19.7 Å². The van der Waals surface area contributed by atoms with Gasteiger partial charge in [0.2, 0.25) is 10.0 Å². The number of aromatic amines is 1. The Morgan fingerprint density at radius 2 is 2.22 bits per heavy atom. The summed E-state index contributed by atoms with van der Waals surface area (Å²) in [6.07, 6.45) is 1.52. The third-order valence-corrected chi connectivity index (χ3v) is 3.71. The fraction of sp³-hybridized carbons (Fsp3) is 0.300. The van der Waals surface area contributed by atoms with Gasteiger partial charge in [-0.2, -0.15) is 0 Å². The molecule has 8 heteroatoms. The quantitative estimate of drug-likeness (QED) is 0.796. The lowest BCUT2D eigenvalue weighted by Gasteiger charge is -2.04. The normalized spacial score (nSPS) is 11.8. The molecule has 0 bridgehead atoms. The number of pyridine rings is 1. The Morgan fingerprint density at radius 1 is 1.44 bits per heavy atom. The summed E-state index contributed by atoms with van der Waals surface area (Å²) in [4.78, 5) is 22.2. The molecule has 0 saturated heterocycles. The molecular weight excluding hydrogens is 256 g/mol. The maximum atomic E-state index is 11.7. The van der Waals surface area contributed by atoms with Crippen molar-refractivity contribution in [2.45, 2.75) is 13.5 Å². The molecule has 2 rings (SSSR count). The van der Waals surface area contributed by atoms with Gasteiger partial charge in [-0.05, 0) is 19.1 Å². The zero-order valence-corrected chi connectivity index (χ0v) is 10.5. The van der Waals surface area contributed by atoms with Crippen LogP contribution in [-0.2, 0) is 16.6 Å². The molecule has 0 spiro atoms. The molecule has 2 heterocycles. The molecule has 2 aromatic heterocycles. The van der Waals surface area contributed by atoms with Crippen molar-refractivity contribution in [3.8, 4) is 0 Å². The third kappa shape index (κ3) is 2.71. The van der Waals surface area contributed by atoms with Crippen LogP contribution in [0.3, 0.4) is 0 Å². The van der Waals surface area contributed by atoms with Gasteiger partial charge in [0, 0.05) is 6.20 Å². The molecule has 96 valence electrons. The molecule has 2 N–H and O–H groups in total. The number of fused-ring (bicyclic) bond motifs is 1. The Kier molecular flexibility index (Phi) is 3.39. The molecule has 0 aromatic carbocycles.